The molecule has 0 saturated heterocycles. The van der Waals surface area contributed by atoms with Crippen LogP contribution in [0.5, 0.6) is 5.75 Å². The van der Waals surface area contributed by atoms with Gasteiger partial charge in [0, 0.05) is 25.6 Å². The molecule has 6 heteroatoms. The van der Waals surface area contributed by atoms with E-state index in [1.165, 1.54) is 13.2 Å². The van der Waals surface area contributed by atoms with Crippen LogP contribution in [0.15, 0.2) is 41.4 Å². The molecule has 24 heavy (non-hydrogen) atoms. The van der Waals surface area contributed by atoms with Crippen molar-refractivity contribution >= 4 is 5.91 Å². The highest BCUT2D eigenvalue weighted by Crippen LogP contribution is 2.20. The van der Waals surface area contributed by atoms with Crippen LogP contribution in [0.3, 0.4) is 0 Å². The first kappa shape index (κ1) is 17.3. The fourth-order valence-electron chi connectivity index (χ4n) is 2.34. The maximum absolute atomic E-state index is 12.1. The second-order valence-electron chi connectivity index (χ2n) is 5.29. The molecular formula is C18H19N3O3. The number of hydrogen-bond acceptors (Lipinski definition) is 5. The summed E-state index contributed by atoms with van der Waals surface area (Å²) in [6.07, 6.45) is 1.84. The van der Waals surface area contributed by atoms with Gasteiger partial charge in [-0.1, -0.05) is 17.8 Å². The lowest BCUT2D eigenvalue weighted by Crippen LogP contribution is -2.31. The fraction of sp³-hybridized carbons (Fsp3) is 0.278. The number of nitrogens with zero attached hydrogens (tertiary/aromatic N) is 3. The molecule has 0 unspecified atom stereocenters. The molecule has 0 aliphatic carbocycles. The Kier molecular flexibility index (Phi) is 5.74. The van der Waals surface area contributed by atoms with Gasteiger partial charge >= 0.3 is 0 Å². The first-order chi connectivity index (χ1) is 11.6. The molecule has 1 heterocycles. The molecule has 1 aromatic heterocycles. The Labute approximate surface area is 140 Å². The minimum atomic E-state index is -0.180. The molecule has 0 N–H and O–H groups in total. The predicted molar refractivity (Wildman–Crippen MR) is 88.3 cm³/mol. The lowest BCUT2D eigenvalue weighted by molar-refractivity contribution is -0.126. The second kappa shape index (κ2) is 7.97. The van der Waals surface area contributed by atoms with E-state index >= 15 is 0 Å². The highest BCUT2D eigenvalue weighted by Gasteiger charge is 2.14. The summed E-state index contributed by atoms with van der Waals surface area (Å²) in [6, 6.07) is 9.22. The predicted octanol–water partition coefficient (Wildman–Crippen LogP) is 2.62. The Bertz CT molecular complexity index is 774. The molecule has 6 nitrogen and oxygen atoms in total. The normalized spacial score (nSPS) is 10.0. The summed E-state index contributed by atoms with van der Waals surface area (Å²) in [5, 5.41) is 13.0. The molecule has 0 atom stereocenters. The van der Waals surface area contributed by atoms with E-state index in [0.717, 1.165) is 17.0 Å². The number of nitriles is 1. The van der Waals surface area contributed by atoms with E-state index in [0.29, 0.717) is 30.8 Å². The standard InChI is InChI=1S/C18H19N3O3/c1-4-18(22)21(8-7-16-9-13(2)20-24-16)12-14-5-6-17(23-3)15(10-14)11-19/h4-6,9-10H,1,7-8,12H2,2-3H3. The van der Waals surface area contributed by atoms with Crippen LogP contribution in [0.2, 0.25) is 0 Å². The number of amides is 1. The zero-order valence-electron chi connectivity index (χ0n) is 13.8. The molecule has 2 rings (SSSR count). The van der Waals surface area contributed by atoms with Crippen LogP contribution < -0.4 is 4.74 Å². The Morgan fingerprint density at radius 1 is 1.50 bits per heavy atom. The van der Waals surface area contributed by atoms with Crippen molar-refractivity contribution in [2.45, 2.75) is 19.9 Å². The van der Waals surface area contributed by atoms with Gasteiger partial charge in [0.1, 0.15) is 17.6 Å². The Morgan fingerprint density at radius 3 is 2.88 bits per heavy atom. The SMILES string of the molecule is C=CC(=O)N(CCc1cc(C)no1)Cc1ccc(OC)c(C#N)c1. The van der Waals surface area contributed by atoms with E-state index in [9.17, 15) is 10.1 Å². The van der Waals surface area contributed by atoms with Crippen molar-refractivity contribution in [3.63, 3.8) is 0 Å². The first-order valence-electron chi connectivity index (χ1n) is 7.48. The Hall–Kier alpha value is -3.07. The van der Waals surface area contributed by atoms with E-state index in [1.54, 1.807) is 17.0 Å². The van der Waals surface area contributed by atoms with Crippen LogP contribution in [0.4, 0.5) is 0 Å². The van der Waals surface area contributed by atoms with E-state index in [1.807, 2.05) is 19.1 Å². The number of ether oxygens (including phenoxy) is 1. The van der Waals surface area contributed by atoms with Crippen molar-refractivity contribution in [1.82, 2.24) is 10.1 Å². The number of benzene rings is 1. The average molecular weight is 325 g/mol. The lowest BCUT2D eigenvalue weighted by atomic mass is 10.1. The number of aryl methyl sites for hydroxylation is 1. The second-order valence-corrected chi connectivity index (χ2v) is 5.29. The molecule has 0 aliphatic heterocycles. The van der Waals surface area contributed by atoms with Gasteiger partial charge < -0.3 is 14.2 Å². The smallest absolute Gasteiger partial charge is 0.246 e. The molecule has 124 valence electrons. The summed E-state index contributed by atoms with van der Waals surface area (Å²) in [7, 11) is 1.52. The van der Waals surface area contributed by atoms with Crippen molar-refractivity contribution in [2.75, 3.05) is 13.7 Å². The van der Waals surface area contributed by atoms with Crippen molar-refractivity contribution in [3.05, 3.63) is 59.5 Å². The number of carbonyl (C=O) groups is 1. The van der Waals surface area contributed by atoms with E-state index < -0.39 is 0 Å². The highest BCUT2D eigenvalue weighted by atomic mass is 16.5. The van der Waals surface area contributed by atoms with E-state index in [4.69, 9.17) is 9.26 Å². The molecular weight excluding hydrogens is 306 g/mol. The number of aromatic nitrogens is 1. The van der Waals surface area contributed by atoms with Crippen LogP contribution >= 0.6 is 0 Å². The van der Waals surface area contributed by atoms with E-state index in [2.05, 4.69) is 17.8 Å². The quantitative estimate of drug-likeness (QED) is 0.731. The van der Waals surface area contributed by atoms with Crippen molar-refractivity contribution in [1.29, 1.82) is 5.26 Å². The van der Waals surface area contributed by atoms with Gasteiger partial charge in [-0.25, -0.2) is 0 Å². The summed E-state index contributed by atoms with van der Waals surface area (Å²) in [5.74, 6) is 1.06. The molecule has 2 aromatic rings. The van der Waals surface area contributed by atoms with Gasteiger partial charge in [-0.15, -0.1) is 0 Å². The first-order valence-corrected chi connectivity index (χ1v) is 7.48. The summed E-state index contributed by atoms with van der Waals surface area (Å²) in [4.78, 5) is 13.7. The van der Waals surface area contributed by atoms with Crippen molar-refractivity contribution in [3.8, 4) is 11.8 Å². The highest BCUT2D eigenvalue weighted by molar-refractivity contribution is 5.87. The van der Waals surface area contributed by atoms with E-state index in [-0.39, 0.29) is 5.91 Å². The van der Waals surface area contributed by atoms with Crippen LogP contribution in [0.25, 0.3) is 0 Å². The molecule has 0 aliphatic rings. The topological polar surface area (TPSA) is 79.4 Å². The fourth-order valence-corrected chi connectivity index (χ4v) is 2.34. The molecule has 0 radical (unpaired) electrons. The molecule has 0 spiro atoms. The zero-order valence-corrected chi connectivity index (χ0v) is 13.8. The van der Waals surface area contributed by atoms with Crippen molar-refractivity contribution in [2.24, 2.45) is 0 Å². The maximum Gasteiger partial charge on any atom is 0.246 e. The minimum Gasteiger partial charge on any atom is -0.495 e. The summed E-state index contributed by atoms with van der Waals surface area (Å²) in [6.45, 7) is 6.23. The van der Waals surface area contributed by atoms with Crippen molar-refractivity contribution < 1.29 is 14.1 Å². The van der Waals surface area contributed by atoms with Gasteiger partial charge in [-0.05, 0) is 30.7 Å². The Balaban J connectivity index is 2.12. The minimum absolute atomic E-state index is 0.180. The summed E-state index contributed by atoms with van der Waals surface area (Å²) in [5.41, 5.74) is 2.09. The van der Waals surface area contributed by atoms with Crippen LogP contribution in [-0.2, 0) is 17.8 Å². The average Bonchev–Trinajstić information content (AvgIpc) is 3.02. The summed E-state index contributed by atoms with van der Waals surface area (Å²) >= 11 is 0. The van der Waals surface area contributed by atoms with Gasteiger partial charge in [-0.3, -0.25) is 4.79 Å². The van der Waals surface area contributed by atoms with Gasteiger partial charge in [0.05, 0.1) is 18.4 Å². The third-order valence-electron chi connectivity index (χ3n) is 3.55. The third-order valence-corrected chi connectivity index (χ3v) is 3.55. The summed E-state index contributed by atoms with van der Waals surface area (Å²) < 4.78 is 10.3. The molecule has 1 aromatic carbocycles. The third kappa shape index (κ3) is 4.23. The molecule has 0 fully saturated rings. The van der Waals surface area contributed by atoms with Crippen LogP contribution in [-0.4, -0.2) is 29.6 Å². The number of carbonyl (C=O) groups excluding carboxylic acids is 1. The largest absolute Gasteiger partial charge is 0.495 e. The zero-order chi connectivity index (χ0) is 17.5. The number of methoxy groups -OCH3 is 1. The monoisotopic (exact) mass is 325 g/mol. The van der Waals surface area contributed by atoms with Gasteiger partial charge in [0.2, 0.25) is 5.91 Å². The number of hydrogen-bond donors (Lipinski definition) is 0. The lowest BCUT2D eigenvalue weighted by Gasteiger charge is -2.21. The molecule has 1 amide bonds. The van der Waals surface area contributed by atoms with Crippen LogP contribution in [0, 0.1) is 18.3 Å². The van der Waals surface area contributed by atoms with Gasteiger partial charge in [0.25, 0.3) is 0 Å². The molecule has 0 saturated carbocycles. The Morgan fingerprint density at radius 2 is 2.29 bits per heavy atom. The number of rotatable bonds is 7. The van der Waals surface area contributed by atoms with Gasteiger partial charge in [-0.2, -0.15) is 5.26 Å². The van der Waals surface area contributed by atoms with Crippen LogP contribution in [0.1, 0.15) is 22.6 Å². The maximum atomic E-state index is 12.1. The molecule has 0 bridgehead atoms. The van der Waals surface area contributed by atoms with Gasteiger partial charge in [0.15, 0.2) is 0 Å².